The van der Waals surface area contributed by atoms with Crippen molar-refractivity contribution in [1.29, 1.82) is 0 Å². The zero-order chi connectivity index (χ0) is 9.56. The normalized spacial score (nSPS) is 15.2. The van der Waals surface area contributed by atoms with E-state index in [1.807, 2.05) is 0 Å². The summed E-state index contributed by atoms with van der Waals surface area (Å²) >= 11 is 0. The highest BCUT2D eigenvalue weighted by molar-refractivity contribution is 5.53. The molecule has 0 heterocycles. The van der Waals surface area contributed by atoms with Crippen LogP contribution in [0.4, 0.5) is 4.79 Å². The van der Waals surface area contributed by atoms with Gasteiger partial charge in [0.15, 0.2) is 0 Å². The zero-order valence-corrected chi connectivity index (χ0v) is 7.37. The maximum absolute atomic E-state index is 8.56. The Bertz CT molecular complexity index is 210. The minimum atomic E-state index is -1.83. The molecular weight excluding hydrogens is 156 g/mol. The Hall–Kier alpha value is -1.25. The van der Waals surface area contributed by atoms with Gasteiger partial charge in [-0.3, -0.25) is 0 Å². The smallest absolute Gasteiger partial charge is 0.450 e. The van der Waals surface area contributed by atoms with E-state index in [4.69, 9.17) is 15.0 Å². The summed E-state index contributed by atoms with van der Waals surface area (Å²) in [6.45, 7) is 4.35. The van der Waals surface area contributed by atoms with Crippen molar-refractivity contribution >= 4 is 6.16 Å². The number of hydrogen-bond acceptors (Lipinski definition) is 1. The average molecular weight is 170 g/mol. The molecule has 12 heavy (non-hydrogen) atoms. The van der Waals surface area contributed by atoms with E-state index in [0.29, 0.717) is 0 Å². The van der Waals surface area contributed by atoms with Crippen LogP contribution in [0.2, 0.25) is 0 Å². The summed E-state index contributed by atoms with van der Waals surface area (Å²) in [6, 6.07) is 0. The lowest BCUT2D eigenvalue weighted by Crippen LogP contribution is -1.84. The molecule has 0 aromatic heterocycles. The largest absolute Gasteiger partial charge is 0.503 e. The van der Waals surface area contributed by atoms with E-state index in [1.54, 1.807) is 0 Å². The van der Waals surface area contributed by atoms with Crippen molar-refractivity contribution in [2.45, 2.75) is 26.7 Å². The Labute approximate surface area is 72.0 Å². The molecule has 0 bridgehead atoms. The molecular formula is C9H14O3. The summed E-state index contributed by atoms with van der Waals surface area (Å²) in [5.74, 6) is 0. The second-order valence-electron chi connectivity index (χ2n) is 2.76. The van der Waals surface area contributed by atoms with Crippen LogP contribution in [0.1, 0.15) is 26.7 Å². The monoisotopic (exact) mass is 170 g/mol. The number of rotatable bonds is 0. The molecule has 0 aliphatic heterocycles. The van der Waals surface area contributed by atoms with Crippen molar-refractivity contribution in [2.24, 2.45) is 0 Å². The molecule has 0 aromatic carbocycles. The zero-order valence-electron chi connectivity index (χ0n) is 7.37. The van der Waals surface area contributed by atoms with Crippen molar-refractivity contribution in [3.63, 3.8) is 0 Å². The predicted octanol–water partition coefficient (Wildman–Crippen LogP) is 2.90. The highest BCUT2D eigenvalue weighted by atomic mass is 16.6. The highest BCUT2D eigenvalue weighted by Gasteiger charge is 1.94. The van der Waals surface area contributed by atoms with E-state index in [1.165, 1.54) is 24.0 Å². The van der Waals surface area contributed by atoms with E-state index in [2.05, 4.69) is 26.0 Å². The molecule has 0 saturated carbocycles. The molecule has 0 amide bonds. The minimum Gasteiger partial charge on any atom is -0.450 e. The lowest BCUT2D eigenvalue weighted by Gasteiger charge is -2.04. The first-order valence-electron chi connectivity index (χ1n) is 3.78. The molecule has 0 radical (unpaired) electrons. The molecule has 3 nitrogen and oxygen atoms in total. The molecule has 68 valence electrons. The Balaban J connectivity index is 0.000000261. The first kappa shape index (κ1) is 10.8. The molecule has 1 rings (SSSR count). The topological polar surface area (TPSA) is 57.5 Å². The molecule has 0 fully saturated rings. The van der Waals surface area contributed by atoms with Crippen molar-refractivity contribution in [2.75, 3.05) is 0 Å². The molecule has 0 unspecified atom stereocenters. The van der Waals surface area contributed by atoms with Crippen LogP contribution < -0.4 is 0 Å². The Morgan fingerprint density at radius 2 is 1.92 bits per heavy atom. The molecule has 2 N–H and O–H groups in total. The molecule has 3 heteroatoms. The van der Waals surface area contributed by atoms with E-state index in [0.717, 1.165) is 0 Å². The van der Waals surface area contributed by atoms with Gasteiger partial charge in [0.25, 0.3) is 0 Å². The lowest BCUT2D eigenvalue weighted by molar-refractivity contribution is 0.137. The minimum absolute atomic E-state index is 1.24. The van der Waals surface area contributed by atoms with E-state index >= 15 is 0 Å². The highest BCUT2D eigenvalue weighted by Crippen LogP contribution is 2.14. The number of hydrogen-bond donors (Lipinski definition) is 2. The third kappa shape index (κ3) is 6.86. The first-order valence-corrected chi connectivity index (χ1v) is 3.78. The van der Waals surface area contributed by atoms with E-state index in [9.17, 15) is 0 Å². The van der Waals surface area contributed by atoms with Crippen LogP contribution in [-0.4, -0.2) is 16.4 Å². The summed E-state index contributed by atoms with van der Waals surface area (Å²) in [6.07, 6.45) is 5.21. The van der Waals surface area contributed by atoms with Gasteiger partial charge in [-0.25, -0.2) is 4.79 Å². The Morgan fingerprint density at radius 3 is 2.17 bits per heavy atom. The fourth-order valence-corrected chi connectivity index (χ4v) is 1.05. The van der Waals surface area contributed by atoms with Gasteiger partial charge in [0, 0.05) is 0 Å². The van der Waals surface area contributed by atoms with Gasteiger partial charge in [0.1, 0.15) is 0 Å². The molecule has 0 spiro atoms. The summed E-state index contributed by atoms with van der Waals surface area (Å²) in [4.78, 5) is 8.56. The third-order valence-corrected chi connectivity index (χ3v) is 1.48. The lowest BCUT2D eigenvalue weighted by atomic mass is 10.0. The number of carboxylic acid groups (broad SMARTS) is 2. The maximum atomic E-state index is 8.56. The van der Waals surface area contributed by atoms with Gasteiger partial charge in [-0.2, -0.15) is 0 Å². The quantitative estimate of drug-likeness (QED) is 0.587. The van der Waals surface area contributed by atoms with Crippen LogP contribution in [0.3, 0.4) is 0 Å². The average Bonchev–Trinajstić information content (AvgIpc) is 1.84. The summed E-state index contributed by atoms with van der Waals surface area (Å²) < 4.78 is 0. The summed E-state index contributed by atoms with van der Waals surface area (Å²) in [5.41, 5.74) is 2.94. The molecule has 0 atom stereocenters. The Morgan fingerprint density at radius 1 is 1.42 bits per heavy atom. The van der Waals surface area contributed by atoms with Crippen LogP contribution in [0.25, 0.3) is 0 Å². The molecule has 0 aromatic rings. The molecule has 1 aliphatic carbocycles. The van der Waals surface area contributed by atoms with Gasteiger partial charge < -0.3 is 10.2 Å². The third-order valence-electron chi connectivity index (χ3n) is 1.48. The van der Waals surface area contributed by atoms with Gasteiger partial charge >= 0.3 is 6.16 Å². The SMILES string of the molecule is CC1=CCCC(C)=C1.O=C(O)O. The van der Waals surface area contributed by atoms with Gasteiger partial charge in [0.05, 0.1) is 0 Å². The van der Waals surface area contributed by atoms with Crippen molar-refractivity contribution in [1.82, 2.24) is 0 Å². The molecule has 1 aliphatic rings. The van der Waals surface area contributed by atoms with Crippen LogP contribution >= 0.6 is 0 Å². The number of allylic oxidation sites excluding steroid dienone is 4. The standard InChI is InChI=1S/C8H12.CH2O3/c1-7-4-3-5-8(2)6-7;2-1(3)4/h4,6H,3,5H2,1-2H3;(H2,2,3,4). The van der Waals surface area contributed by atoms with Gasteiger partial charge in [-0.15, -0.1) is 0 Å². The fourth-order valence-electron chi connectivity index (χ4n) is 1.05. The fraction of sp³-hybridized carbons (Fsp3) is 0.444. The maximum Gasteiger partial charge on any atom is 0.503 e. The van der Waals surface area contributed by atoms with Crippen molar-refractivity contribution < 1.29 is 15.0 Å². The second kappa shape index (κ2) is 5.41. The van der Waals surface area contributed by atoms with Gasteiger partial charge in [0.2, 0.25) is 0 Å². The number of carbonyl (C=O) groups is 1. The summed E-state index contributed by atoms with van der Waals surface area (Å²) in [5, 5.41) is 13.9. The van der Waals surface area contributed by atoms with Crippen molar-refractivity contribution in [3.8, 4) is 0 Å². The second-order valence-corrected chi connectivity index (χ2v) is 2.76. The summed E-state index contributed by atoms with van der Waals surface area (Å²) in [7, 11) is 0. The van der Waals surface area contributed by atoms with E-state index < -0.39 is 6.16 Å². The van der Waals surface area contributed by atoms with Gasteiger partial charge in [-0.05, 0) is 26.7 Å². The van der Waals surface area contributed by atoms with Crippen LogP contribution in [0.15, 0.2) is 23.3 Å². The van der Waals surface area contributed by atoms with Crippen molar-refractivity contribution in [3.05, 3.63) is 23.3 Å². The molecule has 0 saturated heterocycles. The van der Waals surface area contributed by atoms with Gasteiger partial charge in [-0.1, -0.05) is 23.3 Å². The van der Waals surface area contributed by atoms with Crippen LogP contribution in [-0.2, 0) is 0 Å². The van der Waals surface area contributed by atoms with Crippen LogP contribution in [0, 0.1) is 0 Å². The van der Waals surface area contributed by atoms with E-state index in [-0.39, 0.29) is 0 Å². The van der Waals surface area contributed by atoms with Crippen LogP contribution in [0.5, 0.6) is 0 Å². The predicted molar refractivity (Wildman–Crippen MR) is 47.4 cm³/mol. The first-order chi connectivity index (χ1) is 5.52. The Kier molecular flexibility index (Phi) is 4.84.